The van der Waals surface area contributed by atoms with Gasteiger partial charge in [-0.1, -0.05) is 41.9 Å². The summed E-state index contributed by atoms with van der Waals surface area (Å²) in [5.41, 5.74) is 7.60. The van der Waals surface area contributed by atoms with Gasteiger partial charge in [-0.2, -0.15) is 0 Å². The van der Waals surface area contributed by atoms with Gasteiger partial charge in [-0.25, -0.2) is 0 Å². The third kappa shape index (κ3) is 4.59. The van der Waals surface area contributed by atoms with Gasteiger partial charge in [0.2, 0.25) is 5.91 Å². The lowest BCUT2D eigenvalue weighted by Gasteiger charge is -2.19. The maximum atomic E-state index is 12.4. The van der Waals surface area contributed by atoms with Crippen LogP contribution < -0.4 is 11.1 Å². The molecule has 1 atom stereocenters. The number of nitrogens with one attached hydrogen (secondary N) is 1. The lowest BCUT2D eigenvalue weighted by atomic mass is 10.1. The Morgan fingerprint density at radius 1 is 1.12 bits per heavy atom. The second kappa shape index (κ2) is 8.65. The molecule has 2 aromatic carbocycles. The van der Waals surface area contributed by atoms with Crippen LogP contribution in [-0.2, 0) is 4.79 Å². The van der Waals surface area contributed by atoms with E-state index < -0.39 is 6.04 Å². The van der Waals surface area contributed by atoms with Crippen molar-refractivity contribution in [3.63, 3.8) is 0 Å². The minimum atomic E-state index is -0.781. The van der Waals surface area contributed by atoms with Crippen molar-refractivity contribution in [3.8, 4) is 0 Å². The van der Waals surface area contributed by atoms with Crippen molar-refractivity contribution in [2.75, 3.05) is 18.4 Å². The van der Waals surface area contributed by atoms with Gasteiger partial charge in [0.05, 0.1) is 10.6 Å². The molecule has 0 fully saturated rings. The number of hydrogen-bond acceptors (Lipinski definition) is 3. The molecule has 0 radical (unpaired) electrons. The van der Waals surface area contributed by atoms with E-state index in [0.29, 0.717) is 29.4 Å². The van der Waals surface area contributed by atoms with Gasteiger partial charge < -0.3 is 16.0 Å². The molecular weight excluding hydrogens is 338 g/mol. The molecule has 5 nitrogen and oxygen atoms in total. The van der Waals surface area contributed by atoms with E-state index in [9.17, 15) is 9.59 Å². The SMILES string of the molecule is CCN(CC)C(=O)c1ccc(NC(=O)C(N)c2ccccc2)cc1Cl. The number of rotatable bonds is 6. The van der Waals surface area contributed by atoms with Gasteiger partial charge in [0.25, 0.3) is 5.91 Å². The molecule has 0 bridgehead atoms. The van der Waals surface area contributed by atoms with Crippen LogP contribution in [0.15, 0.2) is 48.5 Å². The Morgan fingerprint density at radius 3 is 2.32 bits per heavy atom. The number of hydrogen-bond donors (Lipinski definition) is 2. The molecule has 0 saturated heterocycles. The Bertz CT molecular complexity index is 746. The van der Waals surface area contributed by atoms with E-state index >= 15 is 0 Å². The number of anilines is 1. The first kappa shape index (κ1) is 19.0. The first-order valence-electron chi connectivity index (χ1n) is 8.18. The summed E-state index contributed by atoms with van der Waals surface area (Å²) in [6, 6.07) is 13.2. The maximum absolute atomic E-state index is 12.4. The highest BCUT2D eigenvalue weighted by atomic mass is 35.5. The van der Waals surface area contributed by atoms with Crippen LogP contribution in [0.25, 0.3) is 0 Å². The largest absolute Gasteiger partial charge is 0.339 e. The molecule has 2 rings (SSSR count). The highest BCUT2D eigenvalue weighted by molar-refractivity contribution is 6.34. The highest BCUT2D eigenvalue weighted by Gasteiger charge is 2.18. The zero-order valence-corrected chi connectivity index (χ0v) is 15.1. The second-order valence-electron chi connectivity index (χ2n) is 5.55. The molecule has 132 valence electrons. The topological polar surface area (TPSA) is 75.4 Å². The molecule has 3 N–H and O–H groups in total. The summed E-state index contributed by atoms with van der Waals surface area (Å²) >= 11 is 6.23. The van der Waals surface area contributed by atoms with Crippen LogP contribution in [0.2, 0.25) is 5.02 Å². The van der Waals surface area contributed by atoms with Crippen molar-refractivity contribution >= 4 is 29.1 Å². The van der Waals surface area contributed by atoms with Crippen LogP contribution in [0, 0.1) is 0 Å². The van der Waals surface area contributed by atoms with Crippen molar-refractivity contribution in [3.05, 3.63) is 64.7 Å². The fourth-order valence-electron chi connectivity index (χ4n) is 2.48. The number of amides is 2. The normalized spacial score (nSPS) is 11.7. The molecule has 0 spiro atoms. The summed E-state index contributed by atoms with van der Waals surface area (Å²) in [6.45, 7) is 5.04. The molecular formula is C19H22ClN3O2. The standard InChI is InChI=1S/C19H22ClN3O2/c1-3-23(4-2)19(25)15-11-10-14(12-16(15)20)22-18(24)17(21)13-8-6-5-7-9-13/h5-12,17H,3-4,21H2,1-2H3,(H,22,24). The summed E-state index contributed by atoms with van der Waals surface area (Å²) in [5.74, 6) is -0.473. The summed E-state index contributed by atoms with van der Waals surface area (Å²) in [6.07, 6.45) is 0. The van der Waals surface area contributed by atoms with Gasteiger partial charge in [0.15, 0.2) is 0 Å². The fourth-order valence-corrected chi connectivity index (χ4v) is 2.74. The molecule has 2 aromatic rings. The zero-order chi connectivity index (χ0) is 18.4. The van der Waals surface area contributed by atoms with Crippen molar-refractivity contribution in [1.82, 2.24) is 4.90 Å². The molecule has 25 heavy (non-hydrogen) atoms. The fraction of sp³-hybridized carbons (Fsp3) is 0.263. The molecule has 0 aliphatic heterocycles. The van der Waals surface area contributed by atoms with E-state index in [1.165, 1.54) is 0 Å². The predicted molar refractivity (Wildman–Crippen MR) is 101 cm³/mol. The van der Waals surface area contributed by atoms with Gasteiger partial charge >= 0.3 is 0 Å². The number of carbonyl (C=O) groups excluding carboxylic acids is 2. The van der Waals surface area contributed by atoms with Crippen LogP contribution >= 0.6 is 11.6 Å². The lowest BCUT2D eigenvalue weighted by molar-refractivity contribution is -0.117. The quantitative estimate of drug-likeness (QED) is 0.829. The molecule has 0 heterocycles. The Kier molecular flexibility index (Phi) is 6.56. The van der Waals surface area contributed by atoms with Crippen molar-refractivity contribution in [1.29, 1.82) is 0 Å². The average Bonchev–Trinajstić information content (AvgIpc) is 2.62. The summed E-state index contributed by atoms with van der Waals surface area (Å²) in [4.78, 5) is 26.4. The minimum Gasteiger partial charge on any atom is -0.339 e. The number of halogens is 1. The van der Waals surface area contributed by atoms with Gasteiger partial charge in [-0.15, -0.1) is 0 Å². The number of carbonyl (C=O) groups is 2. The van der Waals surface area contributed by atoms with Crippen LogP contribution in [0.3, 0.4) is 0 Å². The summed E-state index contributed by atoms with van der Waals surface area (Å²) in [5, 5.41) is 3.03. The third-order valence-corrected chi connectivity index (χ3v) is 4.27. The molecule has 0 saturated carbocycles. The smallest absolute Gasteiger partial charge is 0.255 e. The zero-order valence-electron chi connectivity index (χ0n) is 14.3. The Hall–Kier alpha value is -2.37. The molecule has 0 aliphatic carbocycles. The second-order valence-corrected chi connectivity index (χ2v) is 5.96. The first-order chi connectivity index (χ1) is 12.0. The van der Waals surface area contributed by atoms with Gasteiger partial charge in [-0.05, 0) is 37.6 Å². The van der Waals surface area contributed by atoms with Crippen LogP contribution in [-0.4, -0.2) is 29.8 Å². The van der Waals surface area contributed by atoms with Crippen molar-refractivity contribution < 1.29 is 9.59 Å². The number of nitrogens with two attached hydrogens (primary N) is 1. The molecule has 2 amide bonds. The van der Waals surface area contributed by atoms with Gasteiger partial charge in [0.1, 0.15) is 6.04 Å². The molecule has 0 aliphatic rings. The molecule has 6 heteroatoms. The summed E-state index contributed by atoms with van der Waals surface area (Å²) in [7, 11) is 0. The van der Waals surface area contributed by atoms with Crippen molar-refractivity contribution in [2.24, 2.45) is 5.73 Å². The van der Waals surface area contributed by atoms with E-state index in [1.54, 1.807) is 35.2 Å². The Balaban J connectivity index is 2.13. The summed E-state index contributed by atoms with van der Waals surface area (Å²) < 4.78 is 0. The Morgan fingerprint density at radius 2 is 1.76 bits per heavy atom. The van der Waals surface area contributed by atoms with Crippen molar-refractivity contribution in [2.45, 2.75) is 19.9 Å². The van der Waals surface area contributed by atoms with Crippen LogP contribution in [0.1, 0.15) is 35.8 Å². The van der Waals surface area contributed by atoms with Crippen LogP contribution in [0.4, 0.5) is 5.69 Å². The Labute approximate surface area is 152 Å². The van der Waals surface area contributed by atoms with E-state index in [-0.39, 0.29) is 11.8 Å². The number of nitrogens with zero attached hydrogens (tertiary/aromatic N) is 1. The van der Waals surface area contributed by atoms with E-state index in [2.05, 4.69) is 5.32 Å². The lowest BCUT2D eigenvalue weighted by Crippen LogP contribution is -2.30. The monoisotopic (exact) mass is 359 g/mol. The van der Waals surface area contributed by atoms with Crippen LogP contribution in [0.5, 0.6) is 0 Å². The predicted octanol–water partition coefficient (Wildman–Crippen LogP) is 3.46. The minimum absolute atomic E-state index is 0.131. The van der Waals surface area contributed by atoms with E-state index in [4.69, 9.17) is 17.3 Å². The average molecular weight is 360 g/mol. The van der Waals surface area contributed by atoms with Gasteiger partial charge in [0, 0.05) is 18.8 Å². The number of benzene rings is 2. The maximum Gasteiger partial charge on any atom is 0.255 e. The van der Waals surface area contributed by atoms with E-state index in [0.717, 1.165) is 5.56 Å². The third-order valence-electron chi connectivity index (χ3n) is 3.96. The van der Waals surface area contributed by atoms with E-state index in [1.807, 2.05) is 32.0 Å². The van der Waals surface area contributed by atoms with Gasteiger partial charge in [-0.3, -0.25) is 9.59 Å². The molecule has 1 unspecified atom stereocenters. The first-order valence-corrected chi connectivity index (χ1v) is 8.55. The molecule has 0 aromatic heterocycles. The highest BCUT2D eigenvalue weighted by Crippen LogP contribution is 2.23.